The van der Waals surface area contributed by atoms with Crippen molar-refractivity contribution in [3.8, 4) is 23.5 Å². The lowest BCUT2D eigenvalue weighted by molar-refractivity contribution is 0.390. The summed E-state index contributed by atoms with van der Waals surface area (Å²) in [5.74, 6) is 1.55. The van der Waals surface area contributed by atoms with E-state index in [0.717, 1.165) is 26.8 Å². The van der Waals surface area contributed by atoms with Crippen LogP contribution < -0.4 is 9.47 Å². The van der Waals surface area contributed by atoms with Crippen LogP contribution in [0.15, 0.2) is 51.1 Å². The van der Waals surface area contributed by atoms with Gasteiger partial charge in [-0.15, -0.1) is 4.98 Å². The molecule has 11 heteroatoms. The SMILES string of the molecule is Cc1nc(Oc2c(Br)cc(Br)cc2Br)nc(Oc2c(Br)cc(Br)cc2Br)n1. The van der Waals surface area contributed by atoms with Crippen molar-refractivity contribution in [3.63, 3.8) is 0 Å². The number of aromatic nitrogens is 3. The summed E-state index contributed by atoms with van der Waals surface area (Å²) < 4.78 is 16.4. The van der Waals surface area contributed by atoms with E-state index in [9.17, 15) is 0 Å². The van der Waals surface area contributed by atoms with Crippen LogP contribution in [-0.2, 0) is 0 Å². The predicted molar refractivity (Wildman–Crippen MR) is 124 cm³/mol. The molecule has 3 aromatic rings. The zero-order valence-corrected chi connectivity index (χ0v) is 22.8. The van der Waals surface area contributed by atoms with Gasteiger partial charge in [0.25, 0.3) is 0 Å². The molecule has 5 nitrogen and oxygen atoms in total. The highest BCUT2D eigenvalue weighted by Crippen LogP contribution is 2.40. The molecular weight excluding hydrogens is 746 g/mol. The predicted octanol–water partition coefficient (Wildman–Crippen LogP) is 8.34. The molecule has 0 saturated carbocycles. The molecule has 140 valence electrons. The first-order valence-corrected chi connectivity index (χ1v) is 11.9. The first-order valence-electron chi connectivity index (χ1n) is 7.10. The molecule has 0 aliphatic heterocycles. The average molecular weight is 753 g/mol. The monoisotopic (exact) mass is 747 g/mol. The summed E-state index contributed by atoms with van der Waals surface area (Å²) in [4.78, 5) is 12.7. The Morgan fingerprint density at radius 1 is 0.593 bits per heavy atom. The van der Waals surface area contributed by atoms with E-state index in [0.29, 0.717) is 17.3 Å². The number of halogens is 6. The standard InChI is InChI=1S/C16H7Br6N3O2/c1-6-23-15(26-13-9(19)2-7(17)3-10(13)20)25-16(24-6)27-14-11(21)4-8(18)5-12(14)22/h2-5H,1H3. The van der Waals surface area contributed by atoms with Crippen molar-refractivity contribution in [1.29, 1.82) is 0 Å². The van der Waals surface area contributed by atoms with E-state index < -0.39 is 0 Å². The number of hydrogen-bond acceptors (Lipinski definition) is 5. The van der Waals surface area contributed by atoms with Crippen LogP contribution in [0.2, 0.25) is 0 Å². The molecule has 0 unspecified atom stereocenters. The number of ether oxygens (including phenoxy) is 2. The van der Waals surface area contributed by atoms with Crippen LogP contribution in [0.5, 0.6) is 23.5 Å². The topological polar surface area (TPSA) is 57.1 Å². The Morgan fingerprint density at radius 3 is 1.26 bits per heavy atom. The van der Waals surface area contributed by atoms with Crippen molar-refractivity contribution in [1.82, 2.24) is 15.0 Å². The molecule has 0 radical (unpaired) electrons. The van der Waals surface area contributed by atoms with Crippen molar-refractivity contribution in [2.24, 2.45) is 0 Å². The van der Waals surface area contributed by atoms with Gasteiger partial charge in [-0.25, -0.2) is 0 Å². The molecule has 0 fully saturated rings. The van der Waals surface area contributed by atoms with E-state index in [1.807, 2.05) is 24.3 Å². The van der Waals surface area contributed by atoms with Crippen molar-refractivity contribution in [2.75, 3.05) is 0 Å². The molecule has 0 bridgehead atoms. The highest BCUT2D eigenvalue weighted by Gasteiger charge is 2.16. The summed E-state index contributed by atoms with van der Waals surface area (Å²) in [7, 11) is 0. The van der Waals surface area contributed by atoms with Crippen molar-refractivity contribution in [3.05, 3.63) is 56.9 Å². The quantitative estimate of drug-likeness (QED) is 0.269. The van der Waals surface area contributed by atoms with Crippen LogP contribution >= 0.6 is 95.6 Å². The second kappa shape index (κ2) is 9.17. The third-order valence-electron chi connectivity index (χ3n) is 3.02. The van der Waals surface area contributed by atoms with Crippen LogP contribution in [0.1, 0.15) is 5.82 Å². The van der Waals surface area contributed by atoms with E-state index in [4.69, 9.17) is 9.47 Å². The van der Waals surface area contributed by atoms with E-state index >= 15 is 0 Å². The molecule has 0 amide bonds. The molecule has 0 aliphatic rings. The fraction of sp³-hybridized carbons (Fsp3) is 0.0625. The van der Waals surface area contributed by atoms with Crippen LogP contribution in [0.4, 0.5) is 0 Å². The highest BCUT2D eigenvalue weighted by molar-refractivity contribution is 9.12. The lowest BCUT2D eigenvalue weighted by Gasteiger charge is -2.12. The second-order valence-corrected chi connectivity index (χ2v) is 10.3. The van der Waals surface area contributed by atoms with E-state index in [1.54, 1.807) is 6.92 Å². The van der Waals surface area contributed by atoms with Gasteiger partial charge in [-0.05, 0) is 94.9 Å². The molecule has 0 saturated heterocycles. The minimum absolute atomic E-state index is 0.116. The molecular formula is C16H7Br6N3O2. The largest absolute Gasteiger partial charge is 0.422 e. The van der Waals surface area contributed by atoms with Crippen LogP contribution in [0.3, 0.4) is 0 Å². The maximum Gasteiger partial charge on any atom is 0.328 e. The van der Waals surface area contributed by atoms with E-state index in [2.05, 4.69) is 111 Å². The van der Waals surface area contributed by atoms with Gasteiger partial charge >= 0.3 is 12.0 Å². The smallest absolute Gasteiger partial charge is 0.328 e. The minimum Gasteiger partial charge on any atom is -0.422 e. The van der Waals surface area contributed by atoms with Gasteiger partial charge in [0.15, 0.2) is 11.5 Å². The number of aryl methyl sites for hydroxylation is 1. The molecule has 0 spiro atoms. The Kier molecular flexibility index (Phi) is 7.34. The molecule has 0 N–H and O–H groups in total. The van der Waals surface area contributed by atoms with Gasteiger partial charge in [0.05, 0.1) is 17.9 Å². The molecule has 0 aliphatic carbocycles. The molecule has 2 aromatic carbocycles. The maximum atomic E-state index is 5.85. The summed E-state index contributed by atoms with van der Waals surface area (Å²) in [6.07, 6.45) is 0. The highest BCUT2D eigenvalue weighted by atomic mass is 79.9. The lowest BCUT2D eigenvalue weighted by Crippen LogP contribution is -2.01. The van der Waals surface area contributed by atoms with E-state index in [1.165, 1.54) is 0 Å². The minimum atomic E-state index is 0.116. The van der Waals surface area contributed by atoms with Crippen molar-refractivity contribution in [2.45, 2.75) is 6.92 Å². The molecule has 1 aromatic heterocycles. The summed E-state index contributed by atoms with van der Waals surface area (Å²) in [5.41, 5.74) is 0. The number of hydrogen-bond donors (Lipinski definition) is 0. The molecule has 27 heavy (non-hydrogen) atoms. The van der Waals surface area contributed by atoms with Gasteiger partial charge in [-0.3, -0.25) is 0 Å². The van der Waals surface area contributed by atoms with E-state index in [-0.39, 0.29) is 12.0 Å². The maximum absolute atomic E-state index is 5.85. The Balaban J connectivity index is 1.94. The molecule has 0 atom stereocenters. The van der Waals surface area contributed by atoms with Gasteiger partial charge < -0.3 is 9.47 Å². The van der Waals surface area contributed by atoms with Crippen molar-refractivity contribution >= 4 is 95.6 Å². The fourth-order valence-electron chi connectivity index (χ4n) is 1.96. The zero-order chi connectivity index (χ0) is 19.7. The Morgan fingerprint density at radius 2 is 0.926 bits per heavy atom. The third kappa shape index (κ3) is 5.51. The Bertz CT molecular complexity index is 907. The average Bonchev–Trinajstić information content (AvgIpc) is 2.54. The number of rotatable bonds is 4. The lowest BCUT2D eigenvalue weighted by atomic mass is 10.3. The fourth-order valence-corrected chi connectivity index (χ4v) is 6.80. The van der Waals surface area contributed by atoms with Crippen molar-refractivity contribution < 1.29 is 9.47 Å². The van der Waals surface area contributed by atoms with Gasteiger partial charge in [0.1, 0.15) is 5.82 Å². The van der Waals surface area contributed by atoms with Crippen LogP contribution in [-0.4, -0.2) is 15.0 Å². The zero-order valence-electron chi connectivity index (χ0n) is 13.2. The van der Waals surface area contributed by atoms with Gasteiger partial charge in [-0.1, -0.05) is 31.9 Å². The van der Waals surface area contributed by atoms with Crippen LogP contribution in [0, 0.1) is 6.92 Å². The third-order valence-corrected chi connectivity index (χ3v) is 6.29. The van der Waals surface area contributed by atoms with Gasteiger partial charge in [0, 0.05) is 8.95 Å². The summed E-state index contributed by atoms with van der Waals surface area (Å²) in [6, 6.07) is 7.68. The second-order valence-electron chi connectivity index (χ2n) is 5.05. The van der Waals surface area contributed by atoms with Gasteiger partial charge in [0.2, 0.25) is 0 Å². The van der Waals surface area contributed by atoms with Gasteiger partial charge in [-0.2, -0.15) is 9.97 Å². The molecule has 3 rings (SSSR count). The Hall–Kier alpha value is -0.0700. The molecule has 1 heterocycles. The summed E-state index contributed by atoms with van der Waals surface area (Å²) in [6.45, 7) is 1.73. The summed E-state index contributed by atoms with van der Waals surface area (Å²) in [5, 5.41) is 0. The van der Waals surface area contributed by atoms with Crippen LogP contribution in [0.25, 0.3) is 0 Å². The Labute approximate surface area is 205 Å². The first kappa shape index (κ1) is 21.6. The number of nitrogens with zero attached hydrogens (tertiary/aromatic N) is 3. The number of benzene rings is 2. The normalized spacial score (nSPS) is 10.8. The summed E-state index contributed by atoms with van der Waals surface area (Å²) >= 11 is 20.7. The first-order chi connectivity index (χ1) is 12.7.